The minimum absolute atomic E-state index is 0.826. The molecule has 0 aromatic heterocycles. The summed E-state index contributed by atoms with van der Waals surface area (Å²) in [5, 5.41) is 5.48. The first-order valence-electron chi connectivity index (χ1n) is 16.6. The van der Waals surface area contributed by atoms with E-state index in [-0.39, 0.29) is 0 Å². The van der Waals surface area contributed by atoms with Crippen LogP contribution in [0.1, 0.15) is 65.3 Å². The second-order valence-electron chi connectivity index (χ2n) is 12.7. The second-order valence-corrected chi connectivity index (χ2v) is 18.3. The average Bonchev–Trinajstić information content (AvgIpc) is 3.59. The zero-order valence-corrected chi connectivity index (χ0v) is 34.9. The first-order valence-corrected chi connectivity index (χ1v) is 24.4. The molecule has 6 aromatic carbocycles. The van der Waals surface area contributed by atoms with Gasteiger partial charge in [-0.05, 0) is 59.1 Å². The molecule has 0 bridgehead atoms. The summed E-state index contributed by atoms with van der Waals surface area (Å²) < 4.78 is 0. The molecule has 0 amide bonds. The molecule has 0 unspecified atom stereocenters. The number of rotatable bonds is 5. The van der Waals surface area contributed by atoms with Gasteiger partial charge in [-0.15, -0.1) is 56.9 Å². The third-order valence-electron chi connectivity index (χ3n) is 8.11. The molecule has 47 heavy (non-hydrogen) atoms. The molecule has 0 aliphatic rings. The van der Waals surface area contributed by atoms with Crippen molar-refractivity contribution in [2.24, 2.45) is 0 Å². The molecule has 6 aromatic rings. The molecule has 0 saturated heterocycles. The third kappa shape index (κ3) is 11.4. The van der Waals surface area contributed by atoms with Gasteiger partial charge in [-0.3, -0.25) is 0 Å². The zero-order chi connectivity index (χ0) is 34.7. The standard InChI is InChI=1S/C20H21.C19H19.C4H10Si.2ClH.Zr/c1-5-16-11-18-9-15(4)10-19(20(18)12-16)17-7-13(2)6-14(3)8-17;1-12-5-13(2)7-16(6-12)18-10-14(3)8-17-9-15(4)11-19(17)18;1-3-5-4-2;;;/h6-12H,5H2,1-4H3;5-11H,1-4H3;3-4H2,1-2H3;2*1H;/q2*-1;;;;+4/p-2. The van der Waals surface area contributed by atoms with E-state index < -0.39 is 20.8 Å². The van der Waals surface area contributed by atoms with Crippen LogP contribution in [0.4, 0.5) is 0 Å². The van der Waals surface area contributed by atoms with Gasteiger partial charge in [0.25, 0.3) is 0 Å². The van der Waals surface area contributed by atoms with Crippen molar-refractivity contribution in [2.75, 3.05) is 0 Å². The van der Waals surface area contributed by atoms with Gasteiger partial charge < -0.3 is 0 Å². The van der Waals surface area contributed by atoms with Gasteiger partial charge in [-0.2, -0.15) is 12.1 Å². The van der Waals surface area contributed by atoms with Crippen LogP contribution in [0.5, 0.6) is 0 Å². The fourth-order valence-corrected chi connectivity index (χ4v) is 6.85. The zero-order valence-electron chi connectivity index (χ0n) is 30.0. The summed E-state index contributed by atoms with van der Waals surface area (Å²) in [4.78, 5) is 0. The Hall–Kier alpha value is -2.22. The molecule has 0 saturated carbocycles. The SMILES string of the molecule is CC[Si]CC.CCc1cc2c(-c3cc(C)cc(C)c3)cc(C)cc2[cH-]1.Cc1cc(C)cc(-c2cc(C)cc3[cH-]c(C)cc23)c1.[Cl][Zr+2][Cl]. The minimum atomic E-state index is -0.826. The molecular formula is C43H50Cl2SiZr. The normalized spacial score (nSPS) is 10.4. The first-order chi connectivity index (χ1) is 22.4. The summed E-state index contributed by atoms with van der Waals surface area (Å²) in [5.74, 6) is 0. The Morgan fingerprint density at radius 1 is 0.511 bits per heavy atom. The summed E-state index contributed by atoms with van der Waals surface area (Å²) >= 11 is -0.826. The number of hydrogen-bond acceptors (Lipinski definition) is 0. The van der Waals surface area contributed by atoms with Crippen molar-refractivity contribution >= 4 is 48.1 Å². The predicted molar refractivity (Wildman–Crippen MR) is 211 cm³/mol. The van der Waals surface area contributed by atoms with Crippen molar-refractivity contribution in [1.82, 2.24) is 0 Å². The van der Waals surface area contributed by atoms with Gasteiger partial charge in [-0.1, -0.05) is 133 Å². The summed E-state index contributed by atoms with van der Waals surface area (Å²) in [5.41, 5.74) is 16.1. The molecule has 0 nitrogen and oxygen atoms in total. The Morgan fingerprint density at radius 3 is 1.28 bits per heavy atom. The number of aryl methyl sites for hydroxylation is 8. The summed E-state index contributed by atoms with van der Waals surface area (Å²) in [6.45, 7) is 21.9. The molecule has 0 aliphatic heterocycles. The van der Waals surface area contributed by atoms with E-state index in [0.717, 1.165) is 6.42 Å². The Morgan fingerprint density at radius 2 is 0.894 bits per heavy atom. The molecule has 2 radical (unpaired) electrons. The summed E-state index contributed by atoms with van der Waals surface area (Å²) in [6, 6.07) is 34.8. The molecule has 4 heteroatoms. The van der Waals surface area contributed by atoms with Gasteiger partial charge in [0.2, 0.25) is 0 Å². The van der Waals surface area contributed by atoms with Crippen molar-refractivity contribution in [3.05, 3.63) is 129 Å². The molecule has 244 valence electrons. The van der Waals surface area contributed by atoms with Crippen molar-refractivity contribution in [3.63, 3.8) is 0 Å². The van der Waals surface area contributed by atoms with Crippen LogP contribution in [0, 0.1) is 48.5 Å². The van der Waals surface area contributed by atoms with Crippen LogP contribution < -0.4 is 0 Å². The van der Waals surface area contributed by atoms with Crippen LogP contribution in [0.2, 0.25) is 12.1 Å². The van der Waals surface area contributed by atoms with Gasteiger partial charge in [0.15, 0.2) is 0 Å². The van der Waals surface area contributed by atoms with E-state index in [9.17, 15) is 0 Å². The van der Waals surface area contributed by atoms with Gasteiger partial charge in [-0.25, -0.2) is 0 Å². The van der Waals surface area contributed by atoms with Crippen LogP contribution >= 0.6 is 17.0 Å². The van der Waals surface area contributed by atoms with Gasteiger partial charge in [0, 0.05) is 9.52 Å². The number of halogens is 2. The van der Waals surface area contributed by atoms with Crippen LogP contribution in [0.15, 0.2) is 84.9 Å². The van der Waals surface area contributed by atoms with E-state index in [2.05, 4.69) is 154 Å². The van der Waals surface area contributed by atoms with Crippen LogP contribution in [-0.2, 0) is 27.3 Å². The average molecular weight is 757 g/mol. The Kier molecular flexibility index (Phi) is 15.9. The molecule has 0 heterocycles. The fourth-order valence-electron chi connectivity index (χ4n) is 6.35. The van der Waals surface area contributed by atoms with E-state index in [1.807, 2.05) is 0 Å². The van der Waals surface area contributed by atoms with Gasteiger partial charge in [0.05, 0.1) is 0 Å². The monoisotopic (exact) mass is 754 g/mol. The maximum atomic E-state index is 4.93. The van der Waals surface area contributed by atoms with Gasteiger partial charge in [0.1, 0.15) is 0 Å². The predicted octanol–water partition coefficient (Wildman–Crippen LogP) is 14.1. The topological polar surface area (TPSA) is 0 Å². The second kappa shape index (κ2) is 19.1. The molecule has 0 N–H and O–H groups in total. The van der Waals surface area contributed by atoms with Crippen LogP contribution in [-0.4, -0.2) is 9.52 Å². The van der Waals surface area contributed by atoms with E-state index >= 15 is 0 Å². The molecule has 0 fully saturated rings. The fraction of sp³-hybridized carbons (Fsp3) is 0.302. The van der Waals surface area contributed by atoms with E-state index in [4.69, 9.17) is 17.0 Å². The molecule has 0 aliphatic carbocycles. The maximum absolute atomic E-state index is 4.93. The van der Waals surface area contributed by atoms with E-state index in [1.54, 1.807) is 0 Å². The summed E-state index contributed by atoms with van der Waals surface area (Å²) in [6.07, 6.45) is 1.10. The van der Waals surface area contributed by atoms with E-state index in [0.29, 0.717) is 0 Å². The molecule has 0 atom stereocenters. The third-order valence-corrected chi connectivity index (χ3v) is 9.11. The Labute approximate surface area is 306 Å². The Balaban J connectivity index is 0.000000209. The molecule has 0 spiro atoms. The molecular weight excluding hydrogens is 707 g/mol. The Bertz CT molecular complexity index is 1850. The number of fused-ring (bicyclic) bond motifs is 2. The molecule has 6 rings (SSSR count). The van der Waals surface area contributed by atoms with Crippen molar-refractivity contribution in [2.45, 2.75) is 87.7 Å². The number of benzene rings is 4. The van der Waals surface area contributed by atoms with Crippen LogP contribution in [0.25, 0.3) is 43.8 Å². The van der Waals surface area contributed by atoms with Crippen molar-refractivity contribution in [3.8, 4) is 22.3 Å². The first kappa shape index (κ1) is 39.2. The van der Waals surface area contributed by atoms with Crippen LogP contribution in [0.3, 0.4) is 0 Å². The van der Waals surface area contributed by atoms with E-state index in [1.165, 1.54) is 110 Å². The van der Waals surface area contributed by atoms with Gasteiger partial charge >= 0.3 is 37.9 Å². The number of hydrogen-bond donors (Lipinski definition) is 0. The van der Waals surface area contributed by atoms with Crippen molar-refractivity contribution in [1.29, 1.82) is 0 Å². The quantitative estimate of drug-likeness (QED) is 0.121. The summed E-state index contributed by atoms with van der Waals surface area (Å²) in [7, 11) is 11.1. The van der Waals surface area contributed by atoms with Crippen molar-refractivity contribution < 1.29 is 20.8 Å².